The molecule has 0 saturated carbocycles. The topological polar surface area (TPSA) is 96.0 Å². The number of rotatable bonds is 6. The molecule has 0 aromatic heterocycles. The summed E-state index contributed by atoms with van der Waals surface area (Å²) in [7, 11) is 3.05. The zero-order chi connectivity index (χ0) is 19.9. The van der Waals surface area contributed by atoms with Crippen molar-refractivity contribution in [2.45, 2.75) is 0 Å². The van der Waals surface area contributed by atoms with E-state index in [9.17, 15) is 10.2 Å². The second-order valence-corrected chi connectivity index (χ2v) is 5.76. The SMILES string of the molecule is COc1ccc(N=Nc2cc(C=Nc3cccc(O)c3)c(O)c(OC)c2)cc1. The van der Waals surface area contributed by atoms with Gasteiger partial charge in [0.1, 0.15) is 11.5 Å². The average Bonchev–Trinajstić information content (AvgIpc) is 2.72. The molecule has 2 N–H and O–H groups in total. The molecule has 0 saturated heterocycles. The Bertz CT molecular complexity index is 1010. The lowest BCUT2D eigenvalue weighted by Gasteiger charge is -2.07. The molecule has 7 nitrogen and oxygen atoms in total. The monoisotopic (exact) mass is 377 g/mol. The predicted octanol–water partition coefficient (Wildman–Crippen LogP) is 5.28. The first-order chi connectivity index (χ1) is 13.6. The molecule has 0 spiro atoms. The molecule has 0 atom stereocenters. The summed E-state index contributed by atoms with van der Waals surface area (Å²) in [6.07, 6.45) is 1.47. The molecule has 142 valence electrons. The van der Waals surface area contributed by atoms with Crippen molar-refractivity contribution in [3.63, 3.8) is 0 Å². The normalized spacial score (nSPS) is 11.2. The standard InChI is InChI=1S/C21H19N3O4/c1-27-19-8-6-15(7-9-19)23-24-17-10-14(21(26)20(12-17)28-2)13-22-16-4-3-5-18(25)11-16/h3-13,25-26H,1-2H3. The Kier molecular flexibility index (Phi) is 5.86. The molecule has 3 aromatic carbocycles. The van der Waals surface area contributed by atoms with Crippen LogP contribution in [0.3, 0.4) is 0 Å². The Hall–Kier alpha value is -3.87. The molecule has 28 heavy (non-hydrogen) atoms. The van der Waals surface area contributed by atoms with Gasteiger partial charge in [-0.05, 0) is 42.5 Å². The highest BCUT2D eigenvalue weighted by atomic mass is 16.5. The van der Waals surface area contributed by atoms with E-state index in [-0.39, 0.29) is 17.2 Å². The molecule has 3 aromatic rings. The number of azo groups is 1. The van der Waals surface area contributed by atoms with Crippen LogP contribution in [0.2, 0.25) is 0 Å². The van der Waals surface area contributed by atoms with Crippen LogP contribution < -0.4 is 9.47 Å². The molecule has 3 rings (SSSR count). The lowest BCUT2D eigenvalue weighted by Crippen LogP contribution is -1.89. The minimum absolute atomic E-state index is 0.0604. The second kappa shape index (κ2) is 8.68. The van der Waals surface area contributed by atoms with Crippen molar-refractivity contribution >= 4 is 23.3 Å². The number of hydrogen-bond donors (Lipinski definition) is 2. The van der Waals surface area contributed by atoms with Crippen molar-refractivity contribution in [3.05, 3.63) is 66.2 Å². The molecule has 0 aliphatic heterocycles. The Labute approximate surface area is 162 Å². The van der Waals surface area contributed by atoms with Crippen LogP contribution in [0.1, 0.15) is 5.56 Å². The molecule has 0 amide bonds. The van der Waals surface area contributed by atoms with Crippen LogP contribution in [0.4, 0.5) is 17.1 Å². The van der Waals surface area contributed by atoms with Crippen LogP contribution in [-0.4, -0.2) is 30.6 Å². The van der Waals surface area contributed by atoms with E-state index < -0.39 is 0 Å². The van der Waals surface area contributed by atoms with Gasteiger partial charge in [0.25, 0.3) is 0 Å². The number of hydrogen-bond acceptors (Lipinski definition) is 7. The molecular formula is C21H19N3O4. The summed E-state index contributed by atoms with van der Waals surface area (Å²) in [5, 5.41) is 28.2. The molecule has 0 radical (unpaired) electrons. The summed E-state index contributed by atoms with van der Waals surface area (Å²) in [5.74, 6) is 1.03. The molecule has 0 aliphatic carbocycles. The number of phenols is 2. The fraction of sp³-hybridized carbons (Fsp3) is 0.0952. The van der Waals surface area contributed by atoms with Crippen LogP contribution >= 0.6 is 0 Å². The minimum atomic E-state index is -0.0604. The highest BCUT2D eigenvalue weighted by Crippen LogP contribution is 2.35. The summed E-state index contributed by atoms with van der Waals surface area (Å²) in [6, 6.07) is 16.8. The van der Waals surface area contributed by atoms with Crippen molar-refractivity contribution < 1.29 is 19.7 Å². The van der Waals surface area contributed by atoms with E-state index >= 15 is 0 Å². The number of phenolic OH excluding ortho intramolecular Hbond substituents is 2. The van der Waals surface area contributed by atoms with Gasteiger partial charge in [-0.15, -0.1) is 0 Å². The number of ether oxygens (including phenoxy) is 2. The highest BCUT2D eigenvalue weighted by Gasteiger charge is 2.09. The van der Waals surface area contributed by atoms with Crippen LogP contribution in [0, 0.1) is 0 Å². The van der Waals surface area contributed by atoms with Gasteiger partial charge in [-0.1, -0.05) is 6.07 Å². The summed E-state index contributed by atoms with van der Waals surface area (Å²) >= 11 is 0. The van der Waals surface area contributed by atoms with Crippen LogP contribution in [0.15, 0.2) is 75.9 Å². The Balaban J connectivity index is 1.89. The van der Waals surface area contributed by atoms with Gasteiger partial charge >= 0.3 is 0 Å². The second-order valence-electron chi connectivity index (χ2n) is 5.76. The van der Waals surface area contributed by atoms with E-state index in [0.29, 0.717) is 22.6 Å². The third kappa shape index (κ3) is 4.64. The number of nitrogens with zero attached hydrogens (tertiary/aromatic N) is 3. The lowest BCUT2D eigenvalue weighted by atomic mass is 10.1. The first kappa shape index (κ1) is 18.9. The Morgan fingerprint density at radius 1 is 0.786 bits per heavy atom. The van der Waals surface area contributed by atoms with Gasteiger partial charge in [-0.2, -0.15) is 10.2 Å². The Morgan fingerprint density at radius 3 is 2.21 bits per heavy atom. The minimum Gasteiger partial charge on any atom is -0.508 e. The van der Waals surface area contributed by atoms with Gasteiger partial charge < -0.3 is 19.7 Å². The number of aliphatic imine (C=N–C) groups is 1. The first-order valence-electron chi connectivity index (χ1n) is 8.39. The average molecular weight is 377 g/mol. The predicted molar refractivity (Wildman–Crippen MR) is 107 cm³/mol. The van der Waals surface area contributed by atoms with Gasteiger partial charge in [0.2, 0.25) is 0 Å². The van der Waals surface area contributed by atoms with E-state index in [1.54, 1.807) is 61.7 Å². The van der Waals surface area contributed by atoms with Gasteiger partial charge in [0.15, 0.2) is 11.5 Å². The van der Waals surface area contributed by atoms with E-state index in [4.69, 9.17) is 9.47 Å². The van der Waals surface area contributed by atoms with Crippen molar-refractivity contribution in [1.82, 2.24) is 0 Å². The zero-order valence-corrected chi connectivity index (χ0v) is 15.4. The van der Waals surface area contributed by atoms with E-state index in [1.165, 1.54) is 19.4 Å². The summed E-state index contributed by atoms with van der Waals surface area (Å²) in [4.78, 5) is 4.27. The summed E-state index contributed by atoms with van der Waals surface area (Å²) in [6.45, 7) is 0. The molecule has 7 heteroatoms. The van der Waals surface area contributed by atoms with Crippen LogP contribution in [0.25, 0.3) is 0 Å². The van der Waals surface area contributed by atoms with Crippen LogP contribution in [-0.2, 0) is 0 Å². The maximum atomic E-state index is 10.3. The third-order valence-corrected chi connectivity index (χ3v) is 3.84. The fourth-order valence-corrected chi connectivity index (χ4v) is 2.41. The largest absolute Gasteiger partial charge is 0.508 e. The van der Waals surface area contributed by atoms with E-state index in [1.807, 2.05) is 0 Å². The van der Waals surface area contributed by atoms with Gasteiger partial charge in [0.05, 0.1) is 31.3 Å². The maximum absolute atomic E-state index is 10.3. The quantitative estimate of drug-likeness (QED) is 0.451. The van der Waals surface area contributed by atoms with Gasteiger partial charge in [-0.25, -0.2) is 0 Å². The number of methoxy groups -OCH3 is 2. The van der Waals surface area contributed by atoms with Crippen LogP contribution in [0.5, 0.6) is 23.0 Å². The summed E-state index contributed by atoms with van der Waals surface area (Å²) in [5.41, 5.74) is 2.10. The molecular weight excluding hydrogens is 358 g/mol. The molecule has 0 heterocycles. The molecule has 0 aliphatic rings. The Morgan fingerprint density at radius 2 is 1.54 bits per heavy atom. The molecule has 0 fully saturated rings. The highest BCUT2D eigenvalue weighted by molar-refractivity contribution is 5.88. The van der Waals surface area contributed by atoms with Crippen molar-refractivity contribution in [3.8, 4) is 23.0 Å². The van der Waals surface area contributed by atoms with Gasteiger partial charge in [-0.3, -0.25) is 4.99 Å². The third-order valence-electron chi connectivity index (χ3n) is 3.84. The van der Waals surface area contributed by atoms with E-state index in [0.717, 1.165) is 5.75 Å². The fourth-order valence-electron chi connectivity index (χ4n) is 2.41. The first-order valence-corrected chi connectivity index (χ1v) is 8.39. The smallest absolute Gasteiger partial charge is 0.166 e. The van der Waals surface area contributed by atoms with Crippen molar-refractivity contribution in [2.24, 2.45) is 15.2 Å². The number of benzene rings is 3. The van der Waals surface area contributed by atoms with Crippen molar-refractivity contribution in [1.29, 1.82) is 0 Å². The summed E-state index contributed by atoms with van der Waals surface area (Å²) < 4.78 is 10.3. The van der Waals surface area contributed by atoms with E-state index in [2.05, 4.69) is 15.2 Å². The number of aromatic hydroxyl groups is 2. The lowest BCUT2D eigenvalue weighted by molar-refractivity contribution is 0.373. The van der Waals surface area contributed by atoms with Crippen molar-refractivity contribution in [2.75, 3.05) is 14.2 Å². The zero-order valence-electron chi connectivity index (χ0n) is 15.4. The van der Waals surface area contributed by atoms with Gasteiger partial charge in [0, 0.05) is 23.9 Å². The molecule has 0 bridgehead atoms. The maximum Gasteiger partial charge on any atom is 0.166 e. The molecule has 0 unspecified atom stereocenters.